The molecule has 1 saturated heterocycles. The van der Waals surface area contributed by atoms with Crippen LogP contribution >= 0.6 is 11.3 Å². The van der Waals surface area contributed by atoms with Crippen LogP contribution in [0.5, 0.6) is 0 Å². The highest BCUT2D eigenvalue weighted by atomic mass is 32.2. The number of carbonyl (C=O) groups is 1. The van der Waals surface area contributed by atoms with Crippen LogP contribution in [-0.4, -0.2) is 35.4 Å². The number of amides is 1. The van der Waals surface area contributed by atoms with E-state index < -0.39 is 27.8 Å². The topological polar surface area (TPSA) is 92.3 Å². The second-order valence-electron chi connectivity index (χ2n) is 7.42. The lowest BCUT2D eigenvalue weighted by atomic mass is 10.2. The Kier molecular flexibility index (Phi) is 5.87. The van der Waals surface area contributed by atoms with Crippen LogP contribution in [0.3, 0.4) is 0 Å². The second kappa shape index (κ2) is 8.45. The van der Waals surface area contributed by atoms with Crippen molar-refractivity contribution in [2.75, 3.05) is 11.9 Å². The van der Waals surface area contributed by atoms with Crippen LogP contribution in [0.2, 0.25) is 0 Å². The summed E-state index contributed by atoms with van der Waals surface area (Å²) in [7, 11) is -3.73. The van der Waals surface area contributed by atoms with E-state index in [-0.39, 0.29) is 15.6 Å². The molecule has 7 nitrogen and oxygen atoms in total. The fourth-order valence-electron chi connectivity index (χ4n) is 3.59. The van der Waals surface area contributed by atoms with Gasteiger partial charge in [-0.15, -0.1) is 10.2 Å². The molecular formula is C21H21FN4O3S2. The maximum Gasteiger partial charge on any atom is 0.286 e. The second-order valence-corrected chi connectivity index (χ2v) is 10.3. The van der Waals surface area contributed by atoms with Gasteiger partial charge in [0.25, 0.3) is 5.91 Å². The van der Waals surface area contributed by atoms with Gasteiger partial charge in [-0.25, -0.2) is 12.8 Å². The summed E-state index contributed by atoms with van der Waals surface area (Å²) in [6.45, 7) is 4.00. The van der Waals surface area contributed by atoms with Crippen LogP contribution < -0.4 is 5.32 Å². The van der Waals surface area contributed by atoms with Gasteiger partial charge in [-0.2, -0.15) is 4.31 Å². The maximum atomic E-state index is 13.8. The standard InChI is InChI=1S/C21H21FN4O3S2/c1-13-9-10-14(2)18(12-13)31(28,29)26-11-5-8-17(26)20-24-25-21(30-20)19(27)23-16-7-4-3-6-15(16)22/h3-4,6-7,9-10,12,17H,5,8,11H2,1-2H3,(H,23,27)/t17-/m0/s1. The number of carbonyl (C=O) groups excluding carboxylic acids is 1. The van der Waals surface area contributed by atoms with Crippen molar-refractivity contribution in [1.29, 1.82) is 0 Å². The zero-order valence-electron chi connectivity index (χ0n) is 17.0. The first kappa shape index (κ1) is 21.5. The molecule has 1 aromatic heterocycles. The third-order valence-electron chi connectivity index (χ3n) is 5.18. The third kappa shape index (κ3) is 4.23. The number of para-hydroxylation sites is 1. The molecular weight excluding hydrogens is 439 g/mol. The number of aryl methyl sites for hydroxylation is 2. The van der Waals surface area contributed by atoms with Gasteiger partial charge in [0.15, 0.2) is 0 Å². The first-order valence-electron chi connectivity index (χ1n) is 9.76. The number of sulfonamides is 1. The number of aromatic nitrogens is 2. The lowest BCUT2D eigenvalue weighted by Gasteiger charge is -2.23. The fraction of sp³-hybridized carbons (Fsp3) is 0.286. The summed E-state index contributed by atoms with van der Waals surface area (Å²) >= 11 is 1.02. The summed E-state index contributed by atoms with van der Waals surface area (Å²) in [5.41, 5.74) is 1.59. The Morgan fingerprint density at radius 1 is 1.19 bits per heavy atom. The first-order chi connectivity index (χ1) is 14.8. The molecule has 0 spiro atoms. The molecule has 0 unspecified atom stereocenters. The fourth-order valence-corrected chi connectivity index (χ4v) is 6.51. The van der Waals surface area contributed by atoms with Gasteiger partial charge in [-0.1, -0.05) is 35.6 Å². The van der Waals surface area contributed by atoms with Gasteiger partial charge in [0.05, 0.1) is 16.6 Å². The van der Waals surface area contributed by atoms with Crippen LogP contribution in [0.4, 0.5) is 10.1 Å². The van der Waals surface area contributed by atoms with Gasteiger partial charge in [-0.3, -0.25) is 4.79 Å². The predicted octanol–water partition coefficient (Wildman–Crippen LogP) is 4.07. The van der Waals surface area contributed by atoms with Crippen molar-refractivity contribution in [1.82, 2.24) is 14.5 Å². The predicted molar refractivity (Wildman–Crippen MR) is 116 cm³/mol. The molecule has 1 atom stereocenters. The van der Waals surface area contributed by atoms with Crippen molar-refractivity contribution in [3.05, 3.63) is 69.4 Å². The van der Waals surface area contributed by atoms with E-state index in [0.29, 0.717) is 30.0 Å². The smallest absolute Gasteiger partial charge is 0.286 e. The molecule has 10 heteroatoms. The van der Waals surface area contributed by atoms with Crippen LogP contribution in [0.15, 0.2) is 47.4 Å². The van der Waals surface area contributed by atoms with Crippen LogP contribution in [0.1, 0.15) is 44.8 Å². The molecule has 1 amide bonds. The van der Waals surface area contributed by atoms with Crippen LogP contribution in [-0.2, 0) is 10.0 Å². The zero-order chi connectivity index (χ0) is 22.2. The highest BCUT2D eigenvalue weighted by molar-refractivity contribution is 7.89. The highest BCUT2D eigenvalue weighted by Crippen LogP contribution is 2.38. The Hall–Kier alpha value is -2.69. The Bertz CT molecular complexity index is 1240. The van der Waals surface area contributed by atoms with E-state index >= 15 is 0 Å². The molecule has 0 saturated carbocycles. The minimum Gasteiger partial charge on any atom is -0.317 e. The van der Waals surface area contributed by atoms with Crippen molar-refractivity contribution in [3.63, 3.8) is 0 Å². The molecule has 3 aromatic rings. The van der Waals surface area contributed by atoms with E-state index in [1.54, 1.807) is 25.1 Å². The van der Waals surface area contributed by atoms with E-state index in [0.717, 1.165) is 16.9 Å². The number of nitrogens with one attached hydrogen (secondary N) is 1. The molecule has 4 rings (SSSR count). The van der Waals surface area contributed by atoms with E-state index in [9.17, 15) is 17.6 Å². The highest BCUT2D eigenvalue weighted by Gasteiger charge is 2.39. The van der Waals surface area contributed by atoms with E-state index in [1.165, 1.54) is 22.5 Å². The molecule has 2 heterocycles. The Balaban J connectivity index is 1.59. The summed E-state index contributed by atoms with van der Waals surface area (Å²) in [6.07, 6.45) is 1.28. The Morgan fingerprint density at radius 2 is 1.97 bits per heavy atom. The third-order valence-corrected chi connectivity index (χ3v) is 8.25. The van der Waals surface area contributed by atoms with Gasteiger partial charge in [0.2, 0.25) is 15.0 Å². The van der Waals surface area contributed by atoms with Gasteiger partial charge in [-0.05, 0) is 56.0 Å². The number of nitrogens with zero attached hydrogens (tertiary/aromatic N) is 3. The normalized spacial score (nSPS) is 17.1. The molecule has 1 fully saturated rings. The van der Waals surface area contributed by atoms with Crippen molar-refractivity contribution in [2.45, 2.75) is 37.6 Å². The van der Waals surface area contributed by atoms with Crippen LogP contribution in [0.25, 0.3) is 0 Å². The van der Waals surface area contributed by atoms with Crippen molar-refractivity contribution in [2.24, 2.45) is 0 Å². The van der Waals surface area contributed by atoms with Crippen molar-refractivity contribution >= 4 is 33.0 Å². The van der Waals surface area contributed by atoms with Gasteiger partial charge < -0.3 is 5.32 Å². The lowest BCUT2D eigenvalue weighted by molar-refractivity contribution is 0.102. The van der Waals surface area contributed by atoms with E-state index in [2.05, 4.69) is 15.5 Å². The largest absolute Gasteiger partial charge is 0.317 e. The number of anilines is 1. The molecule has 2 aromatic carbocycles. The molecule has 1 N–H and O–H groups in total. The van der Waals surface area contributed by atoms with Crippen LogP contribution in [0, 0.1) is 19.7 Å². The number of hydrogen-bond donors (Lipinski definition) is 1. The number of benzene rings is 2. The maximum absolute atomic E-state index is 13.8. The molecule has 162 valence electrons. The summed E-state index contributed by atoms with van der Waals surface area (Å²) in [4.78, 5) is 12.8. The molecule has 0 aliphatic carbocycles. The molecule has 1 aliphatic rings. The SMILES string of the molecule is Cc1ccc(C)c(S(=O)(=O)N2CCC[C@H]2c2nnc(C(=O)Nc3ccccc3F)s2)c1. The number of rotatable bonds is 5. The molecule has 31 heavy (non-hydrogen) atoms. The minimum absolute atomic E-state index is 0.0456. The quantitative estimate of drug-likeness (QED) is 0.620. The Labute approximate surface area is 184 Å². The van der Waals surface area contributed by atoms with Gasteiger partial charge >= 0.3 is 0 Å². The molecule has 0 bridgehead atoms. The Morgan fingerprint density at radius 3 is 2.74 bits per heavy atom. The number of hydrogen-bond acceptors (Lipinski definition) is 6. The lowest BCUT2D eigenvalue weighted by Crippen LogP contribution is -2.31. The van der Waals surface area contributed by atoms with Gasteiger partial charge in [0.1, 0.15) is 10.8 Å². The average molecular weight is 461 g/mol. The van der Waals surface area contributed by atoms with Crippen molar-refractivity contribution < 1.29 is 17.6 Å². The minimum atomic E-state index is -3.73. The summed E-state index contributed by atoms with van der Waals surface area (Å²) in [5.74, 6) is -1.14. The zero-order valence-corrected chi connectivity index (χ0v) is 18.6. The van der Waals surface area contributed by atoms with Gasteiger partial charge in [0, 0.05) is 6.54 Å². The molecule has 0 radical (unpaired) electrons. The summed E-state index contributed by atoms with van der Waals surface area (Å²) in [5, 5.41) is 11.0. The van der Waals surface area contributed by atoms with Crippen molar-refractivity contribution in [3.8, 4) is 0 Å². The molecule has 1 aliphatic heterocycles. The first-order valence-corrected chi connectivity index (χ1v) is 12.0. The monoisotopic (exact) mass is 460 g/mol. The summed E-state index contributed by atoms with van der Waals surface area (Å²) < 4.78 is 42.0. The number of halogens is 1. The van der Waals surface area contributed by atoms with E-state index in [4.69, 9.17) is 0 Å². The average Bonchev–Trinajstić information content (AvgIpc) is 3.41. The van der Waals surface area contributed by atoms with E-state index in [1.807, 2.05) is 13.0 Å². The summed E-state index contributed by atoms with van der Waals surface area (Å²) in [6, 6.07) is 10.7.